The number of carbonyl (C=O) groups is 1. The molecule has 3 rings (SSSR count). The Morgan fingerprint density at radius 3 is 2.72 bits per heavy atom. The van der Waals surface area contributed by atoms with E-state index in [4.69, 9.17) is 5.26 Å². The molecule has 0 saturated heterocycles. The van der Waals surface area contributed by atoms with Crippen LogP contribution in [0.5, 0.6) is 0 Å². The number of nitrogens with one attached hydrogen (secondary N) is 1. The van der Waals surface area contributed by atoms with Gasteiger partial charge in [-0.25, -0.2) is 22.5 Å². The van der Waals surface area contributed by atoms with Gasteiger partial charge in [-0.1, -0.05) is 0 Å². The fourth-order valence-corrected chi connectivity index (χ4v) is 3.13. The number of amides is 1. The van der Waals surface area contributed by atoms with Gasteiger partial charge < -0.3 is 0 Å². The largest absolute Gasteiger partial charge is 0.283 e. The molecule has 0 spiro atoms. The van der Waals surface area contributed by atoms with Gasteiger partial charge in [-0.05, 0) is 36.4 Å². The van der Waals surface area contributed by atoms with Crippen molar-refractivity contribution in [3.63, 3.8) is 0 Å². The normalized spacial score (nSPS) is 11.0. The maximum absolute atomic E-state index is 13.9. The number of pyridine rings is 2. The quantitative estimate of drug-likeness (QED) is 0.765. The molecule has 1 aromatic carbocycles. The third kappa shape index (κ3) is 3.29. The van der Waals surface area contributed by atoms with Crippen LogP contribution < -0.4 is 4.72 Å². The van der Waals surface area contributed by atoms with Gasteiger partial charge in [0.05, 0.1) is 17.1 Å². The van der Waals surface area contributed by atoms with E-state index in [0.717, 1.165) is 18.2 Å². The highest BCUT2D eigenvalue weighted by Crippen LogP contribution is 2.16. The van der Waals surface area contributed by atoms with E-state index in [1.54, 1.807) is 29.1 Å². The number of nitrogens with zero attached hydrogens (tertiary/aromatic N) is 3. The van der Waals surface area contributed by atoms with Gasteiger partial charge >= 0.3 is 0 Å². The van der Waals surface area contributed by atoms with Gasteiger partial charge in [-0.2, -0.15) is 5.26 Å². The second kappa shape index (κ2) is 6.26. The number of nitriles is 1. The molecular formula is C16H9FN4O3S. The Hall–Kier alpha value is -3.38. The zero-order valence-corrected chi connectivity index (χ0v) is 13.3. The van der Waals surface area contributed by atoms with Gasteiger partial charge in [0.2, 0.25) is 0 Å². The van der Waals surface area contributed by atoms with Gasteiger partial charge in [0.1, 0.15) is 16.4 Å². The Morgan fingerprint density at radius 2 is 2.00 bits per heavy atom. The number of halogens is 1. The monoisotopic (exact) mass is 356 g/mol. The smallest absolute Gasteiger partial charge is 0.266 e. The van der Waals surface area contributed by atoms with Crippen molar-refractivity contribution >= 4 is 26.8 Å². The molecule has 1 amide bonds. The summed E-state index contributed by atoms with van der Waals surface area (Å²) in [6, 6.07) is 9.01. The molecule has 0 saturated carbocycles. The van der Waals surface area contributed by atoms with Crippen LogP contribution in [0.25, 0.3) is 10.9 Å². The lowest BCUT2D eigenvalue weighted by atomic mass is 10.2. The van der Waals surface area contributed by atoms with Crippen molar-refractivity contribution < 1.29 is 17.6 Å². The topological polar surface area (TPSA) is 113 Å². The third-order valence-electron chi connectivity index (χ3n) is 3.30. The van der Waals surface area contributed by atoms with Crippen molar-refractivity contribution in [1.29, 1.82) is 5.26 Å². The van der Waals surface area contributed by atoms with E-state index in [0.29, 0.717) is 10.9 Å². The first-order chi connectivity index (χ1) is 11.9. The molecule has 25 heavy (non-hydrogen) atoms. The maximum Gasteiger partial charge on any atom is 0.283 e. The summed E-state index contributed by atoms with van der Waals surface area (Å²) in [6.07, 6.45) is 3.03. The zero-order chi connectivity index (χ0) is 18.0. The zero-order valence-electron chi connectivity index (χ0n) is 12.5. The number of aromatic nitrogens is 2. The predicted molar refractivity (Wildman–Crippen MR) is 85.3 cm³/mol. The molecule has 2 aromatic heterocycles. The van der Waals surface area contributed by atoms with Crippen LogP contribution in [0.4, 0.5) is 4.39 Å². The van der Waals surface area contributed by atoms with Gasteiger partial charge in [-0.3, -0.25) is 9.78 Å². The number of fused-ring (bicyclic) bond motifs is 1. The molecule has 0 fully saturated rings. The molecule has 0 aliphatic heterocycles. The summed E-state index contributed by atoms with van der Waals surface area (Å²) in [7, 11) is -4.45. The molecule has 0 aliphatic carbocycles. The van der Waals surface area contributed by atoms with E-state index in [-0.39, 0.29) is 11.3 Å². The van der Waals surface area contributed by atoms with Crippen LogP contribution in [-0.2, 0) is 10.0 Å². The SMILES string of the molecule is N#Cc1ccc(S(=O)(=O)NC(=O)c2ccc3cnccc3n2)c(F)c1. The van der Waals surface area contributed by atoms with E-state index >= 15 is 0 Å². The van der Waals surface area contributed by atoms with E-state index in [1.165, 1.54) is 12.3 Å². The van der Waals surface area contributed by atoms with Crippen LogP contribution in [0, 0.1) is 17.1 Å². The van der Waals surface area contributed by atoms with Crippen molar-refractivity contribution in [3.8, 4) is 6.07 Å². The van der Waals surface area contributed by atoms with Crippen molar-refractivity contribution in [3.05, 3.63) is 65.9 Å². The molecule has 7 nitrogen and oxygen atoms in total. The highest BCUT2D eigenvalue weighted by molar-refractivity contribution is 7.90. The van der Waals surface area contributed by atoms with Gasteiger partial charge in [0.15, 0.2) is 0 Å². The number of sulfonamides is 1. The Balaban J connectivity index is 1.91. The molecule has 0 bridgehead atoms. The summed E-state index contributed by atoms with van der Waals surface area (Å²) >= 11 is 0. The minimum absolute atomic E-state index is 0.0346. The average molecular weight is 356 g/mol. The van der Waals surface area contributed by atoms with E-state index in [9.17, 15) is 17.6 Å². The Kier molecular flexibility index (Phi) is 4.12. The summed E-state index contributed by atoms with van der Waals surface area (Å²) in [5.74, 6) is -2.13. The Labute approximate surface area is 141 Å². The minimum atomic E-state index is -4.45. The van der Waals surface area contributed by atoms with Crippen molar-refractivity contribution in [1.82, 2.24) is 14.7 Å². The van der Waals surface area contributed by atoms with Gasteiger partial charge in [-0.15, -0.1) is 0 Å². The summed E-state index contributed by atoms with van der Waals surface area (Å²) in [4.78, 5) is 19.4. The van der Waals surface area contributed by atoms with Gasteiger partial charge in [0, 0.05) is 17.8 Å². The summed E-state index contributed by atoms with van der Waals surface area (Å²) in [5, 5.41) is 9.37. The van der Waals surface area contributed by atoms with Crippen LogP contribution >= 0.6 is 0 Å². The molecule has 9 heteroatoms. The number of benzene rings is 1. The number of rotatable bonds is 3. The maximum atomic E-state index is 13.9. The summed E-state index contributed by atoms with van der Waals surface area (Å²) in [5.41, 5.74) is 0.286. The summed E-state index contributed by atoms with van der Waals surface area (Å²) in [6.45, 7) is 0. The van der Waals surface area contributed by atoms with Crippen LogP contribution in [0.3, 0.4) is 0 Å². The molecule has 124 valence electrons. The molecule has 0 radical (unpaired) electrons. The van der Waals surface area contributed by atoms with E-state index in [1.807, 2.05) is 0 Å². The highest BCUT2D eigenvalue weighted by Gasteiger charge is 2.23. The first-order valence-electron chi connectivity index (χ1n) is 6.88. The first kappa shape index (κ1) is 16.5. The average Bonchev–Trinajstić information content (AvgIpc) is 2.60. The molecule has 0 atom stereocenters. The molecule has 1 N–H and O–H groups in total. The lowest BCUT2D eigenvalue weighted by Gasteiger charge is -2.08. The number of hydrogen-bond donors (Lipinski definition) is 1. The summed E-state index contributed by atoms with van der Waals surface area (Å²) < 4.78 is 40.1. The minimum Gasteiger partial charge on any atom is -0.266 e. The molecule has 3 aromatic rings. The fraction of sp³-hybridized carbons (Fsp3) is 0. The second-order valence-corrected chi connectivity index (χ2v) is 6.61. The fourth-order valence-electron chi connectivity index (χ4n) is 2.11. The van der Waals surface area contributed by atoms with E-state index < -0.39 is 26.6 Å². The van der Waals surface area contributed by atoms with Crippen LogP contribution in [-0.4, -0.2) is 24.3 Å². The Morgan fingerprint density at radius 1 is 1.20 bits per heavy atom. The van der Waals surface area contributed by atoms with Crippen molar-refractivity contribution in [2.24, 2.45) is 0 Å². The number of hydrogen-bond acceptors (Lipinski definition) is 6. The highest BCUT2D eigenvalue weighted by atomic mass is 32.2. The van der Waals surface area contributed by atoms with Crippen LogP contribution in [0.15, 0.2) is 53.7 Å². The van der Waals surface area contributed by atoms with E-state index in [2.05, 4.69) is 9.97 Å². The lowest BCUT2D eigenvalue weighted by Crippen LogP contribution is -2.31. The van der Waals surface area contributed by atoms with Crippen LogP contribution in [0.2, 0.25) is 0 Å². The molecule has 0 aliphatic rings. The molecule has 0 unspecified atom stereocenters. The third-order valence-corrected chi connectivity index (χ3v) is 4.66. The number of carbonyl (C=O) groups excluding carboxylic acids is 1. The Bertz CT molecular complexity index is 1140. The molecular weight excluding hydrogens is 347 g/mol. The second-order valence-electron chi connectivity index (χ2n) is 4.96. The predicted octanol–water partition coefficient (Wildman–Crippen LogP) is 1.76. The first-order valence-corrected chi connectivity index (χ1v) is 8.36. The van der Waals surface area contributed by atoms with Crippen LogP contribution in [0.1, 0.15) is 16.1 Å². The van der Waals surface area contributed by atoms with Crippen molar-refractivity contribution in [2.75, 3.05) is 0 Å². The van der Waals surface area contributed by atoms with Crippen molar-refractivity contribution in [2.45, 2.75) is 4.90 Å². The lowest BCUT2D eigenvalue weighted by molar-refractivity contribution is 0.0977. The standard InChI is InChI=1S/C16H9FN4O3S/c17-12-7-10(8-18)1-4-15(12)25(23,24)21-16(22)14-3-2-11-9-19-6-5-13(11)20-14/h1-7,9H,(H,21,22). The van der Waals surface area contributed by atoms with Gasteiger partial charge in [0.25, 0.3) is 15.9 Å². The molecule has 2 heterocycles.